The lowest BCUT2D eigenvalue weighted by molar-refractivity contribution is 0.0950. The summed E-state index contributed by atoms with van der Waals surface area (Å²) in [5.41, 5.74) is 5.67. The van der Waals surface area contributed by atoms with E-state index in [2.05, 4.69) is 15.4 Å². The van der Waals surface area contributed by atoms with Crippen molar-refractivity contribution in [3.63, 3.8) is 0 Å². The van der Waals surface area contributed by atoms with Gasteiger partial charge in [0.2, 0.25) is 0 Å². The number of nitrogens with one attached hydrogen (secondary N) is 1. The molecular formula is C12H14FN5O. The maximum absolute atomic E-state index is 13.5. The molecule has 2 rings (SSSR count). The molecule has 0 aliphatic heterocycles. The molecule has 0 radical (unpaired) electrons. The summed E-state index contributed by atoms with van der Waals surface area (Å²) in [4.78, 5) is 15.8. The summed E-state index contributed by atoms with van der Waals surface area (Å²) in [6, 6.07) is 3.96. The summed E-state index contributed by atoms with van der Waals surface area (Å²) in [7, 11) is 1.76. The summed E-state index contributed by atoms with van der Waals surface area (Å²) >= 11 is 0. The molecule has 0 unspecified atom stereocenters. The molecule has 19 heavy (non-hydrogen) atoms. The Morgan fingerprint density at radius 1 is 1.53 bits per heavy atom. The lowest BCUT2D eigenvalue weighted by Gasteiger charge is -2.05. The molecule has 0 aliphatic carbocycles. The maximum Gasteiger partial charge on any atom is 0.254 e. The van der Waals surface area contributed by atoms with E-state index in [0.29, 0.717) is 18.8 Å². The number of hydrogen-bond donors (Lipinski definition) is 2. The van der Waals surface area contributed by atoms with Crippen LogP contribution in [0.4, 0.5) is 10.1 Å². The number of amides is 1. The Balaban J connectivity index is 1.90. The Morgan fingerprint density at radius 2 is 2.32 bits per heavy atom. The van der Waals surface area contributed by atoms with E-state index in [4.69, 9.17) is 5.73 Å². The Hall–Kier alpha value is -2.44. The zero-order chi connectivity index (χ0) is 13.8. The third-order valence-electron chi connectivity index (χ3n) is 2.52. The molecule has 100 valence electrons. The normalized spacial score (nSPS) is 10.4. The largest absolute Gasteiger partial charge is 0.399 e. The SMILES string of the molecule is Cn1cnc(CCNC(=O)c2ccc(N)cc2F)n1. The van der Waals surface area contributed by atoms with Crippen molar-refractivity contribution in [2.45, 2.75) is 6.42 Å². The van der Waals surface area contributed by atoms with Crippen molar-refractivity contribution in [3.05, 3.63) is 41.7 Å². The number of nitrogens with two attached hydrogens (primary N) is 1. The van der Waals surface area contributed by atoms with E-state index in [1.54, 1.807) is 18.1 Å². The average Bonchev–Trinajstić information content (AvgIpc) is 2.75. The summed E-state index contributed by atoms with van der Waals surface area (Å²) in [5, 5.41) is 6.68. The van der Waals surface area contributed by atoms with Crippen LogP contribution in [0.5, 0.6) is 0 Å². The van der Waals surface area contributed by atoms with E-state index in [1.807, 2.05) is 0 Å². The van der Waals surface area contributed by atoms with E-state index < -0.39 is 11.7 Å². The number of nitrogens with zero attached hydrogens (tertiary/aromatic N) is 3. The second-order valence-electron chi connectivity index (χ2n) is 4.08. The van der Waals surface area contributed by atoms with Crippen molar-refractivity contribution in [2.24, 2.45) is 7.05 Å². The lowest BCUT2D eigenvalue weighted by Crippen LogP contribution is -2.26. The molecule has 1 aromatic heterocycles. The minimum absolute atomic E-state index is 0.0248. The molecule has 1 amide bonds. The fourth-order valence-corrected chi connectivity index (χ4v) is 1.60. The van der Waals surface area contributed by atoms with Crippen molar-refractivity contribution in [1.29, 1.82) is 0 Å². The van der Waals surface area contributed by atoms with Crippen LogP contribution in [0, 0.1) is 5.82 Å². The number of anilines is 1. The highest BCUT2D eigenvalue weighted by molar-refractivity contribution is 5.94. The van der Waals surface area contributed by atoms with E-state index in [9.17, 15) is 9.18 Å². The number of carbonyl (C=O) groups is 1. The first-order valence-electron chi connectivity index (χ1n) is 5.74. The Morgan fingerprint density at radius 3 is 2.95 bits per heavy atom. The van der Waals surface area contributed by atoms with Crippen molar-refractivity contribution in [3.8, 4) is 0 Å². The highest BCUT2D eigenvalue weighted by Gasteiger charge is 2.11. The van der Waals surface area contributed by atoms with Crippen molar-refractivity contribution >= 4 is 11.6 Å². The average molecular weight is 263 g/mol. The van der Waals surface area contributed by atoms with Gasteiger partial charge >= 0.3 is 0 Å². The predicted octanol–water partition coefficient (Wildman–Crippen LogP) is 0.509. The molecular weight excluding hydrogens is 249 g/mol. The van der Waals surface area contributed by atoms with E-state index in [0.717, 1.165) is 6.07 Å². The molecule has 1 heterocycles. The van der Waals surface area contributed by atoms with Crippen LogP contribution in [0.1, 0.15) is 16.2 Å². The van der Waals surface area contributed by atoms with Crippen molar-refractivity contribution in [2.75, 3.05) is 12.3 Å². The molecule has 0 fully saturated rings. The van der Waals surface area contributed by atoms with Crippen LogP contribution >= 0.6 is 0 Å². The first kappa shape index (κ1) is 13.0. The quantitative estimate of drug-likeness (QED) is 0.787. The van der Waals surface area contributed by atoms with Gasteiger partial charge in [-0.2, -0.15) is 5.10 Å². The number of halogens is 1. The van der Waals surface area contributed by atoms with Gasteiger partial charge in [0.15, 0.2) is 5.82 Å². The Bertz CT molecular complexity index is 596. The van der Waals surface area contributed by atoms with Gasteiger partial charge in [-0.25, -0.2) is 9.37 Å². The van der Waals surface area contributed by atoms with Crippen LogP contribution in [0.3, 0.4) is 0 Å². The molecule has 1 aromatic carbocycles. The monoisotopic (exact) mass is 263 g/mol. The number of nitrogen functional groups attached to an aromatic ring is 1. The number of aromatic nitrogens is 3. The maximum atomic E-state index is 13.5. The number of benzene rings is 1. The van der Waals surface area contributed by atoms with Gasteiger partial charge in [-0.3, -0.25) is 9.48 Å². The number of hydrogen-bond acceptors (Lipinski definition) is 4. The highest BCUT2D eigenvalue weighted by Crippen LogP contribution is 2.11. The zero-order valence-corrected chi connectivity index (χ0v) is 10.4. The minimum atomic E-state index is -0.631. The number of rotatable bonds is 4. The van der Waals surface area contributed by atoms with Crippen LogP contribution < -0.4 is 11.1 Å². The second-order valence-corrected chi connectivity index (χ2v) is 4.08. The summed E-state index contributed by atoms with van der Waals surface area (Å²) in [5.74, 6) is -0.484. The van der Waals surface area contributed by atoms with Gasteiger partial charge in [0.05, 0.1) is 5.56 Å². The topological polar surface area (TPSA) is 85.8 Å². The predicted molar refractivity (Wildman–Crippen MR) is 67.9 cm³/mol. The van der Waals surface area contributed by atoms with Gasteiger partial charge in [-0.15, -0.1) is 0 Å². The fraction of sp³-hybridized carbons (Fsp3) is 0.250. The van der Waals surface area contributed by atoms with Crippen LogP contribution in [0.2, 0.25) is 0 Å². The molecule has 0 spiro atoms. The number of carbonyl (C=O) groups excluding carboxylic acids is 1. The van der Waals surface area contributed by atoms with Gasteiger partial charge < -0.3 is 11.1 Å². The number of aryl methyl sites for hydroxylation is 1. The molecule has 0 atom stereocenters. The van der Waals surface area contributed by atoms with Crippen molar-refractivity contribution < 1.29 is 9.18 Å². The molecule has 7 heteroatoms. The standard InChI is InChI=1S/C12H14FN5O/c1-18-7-16-11(17-18)4-5-15-12(19)9-3-2-8(14)6-10(9)13/h2-3,6-7H,4-5,14H2,1H3,(H,15,19). The summed E-state index contributed by atoms with van der Waals surface area (Å²) < 4.78 is 15.1. The second kappa shape index (κ2) is 5.47. The highest BCUT2D eigenvalue weighted by atomic mass is 19.1. The molecule has 2 aromatic rings. The van der Waals surface area contributed by atoms with Gasteiger partial charge in [-0.05, 0) is 18.2 Å². The van der Waals surface area contributed by atoms with Gasteiger partial charge in [0.25, 0.3) is 5.91 Å². The first-order valence-corrected chi connectivity index (χ1v) is 5.74. The van der Waals surface area contributed by atoms with Crippen LogP contribution in [0.15, 0.2) is 24.5 Å². The van der Waals surface area contributed by atoms with Crippen LogP contribution in [-0.4, -0.2) is 27.2 Å². The Kier molecular flexibility index (Phi) is 3.74. The Labute approximate surface area is 109 Å². The fourth-order valence-electron chi connectivity index (χ4n) is 1.60. The molecule has 0 aliphatic rings. The van der Waals surface area contributed by atoms with Crippen LogP contribution in [0.25, 0.3) is 0 Å². The summed E-state index contributed by atoms with van der Waals surface area (Å²) in [6.45, 7) is 0.340. The van der Waals surface area contributed by atoms with Gasteiger partial charge in [0.1, 0.15) is 12.1 Å². The van der Waals surface area contributed by atoms with Gasteiger partial charge in [0, 0.05) is 25.7 Å². The molecule has 6 nitrogen and oxygen atoms in total. The zero-order valence-electron chi connectivity index (χ0n) is 10.4. The molecule has 0 saturated carbocycles. The lowest BCUT2D eigenvalue weighted by atomic mass is 10.2. The van der Waals surface area contributed by atoms with Crippen LogP contribution in [-0.2, 0) is 13.5 Å². The molecule has 0 bridgehead atoms. The smallest absolute Gasteiger partial charge is 0.254 e. The minimum Gasteiger partial charge on any atom is -0.399 e. The van der Waals surface area contributed by atoms with E-state index in [1.165, 1.54) is 12.1 Å². The summed E-state index contributed by atoms with van der Waals surface area (Å²) in [6.07, 6.45) is 2.07. The van der Waals surface area contributed by atoms with E-state index >= 15 is 0 Å². The van der Waals surface area contributed by atoms with Crippen molar-refractivity contribution in [1.82, 2.24) is 20.1 Å². The third kappa shape index (κ3) is 3.27. The molecule has 0 saturated heterocycles. The van der Waals surface area contributed by atoms with E-state index in [-0.39, 0.29) is 11.3 Å². The van der Waals surface area contributed by atoms with Gasteiger partial charge in [-0.1, -0.05) is 0 Å². The first-order chi connectivity index (χ1) is 9.06. The third-order valence-corrected chi connectivity index (χ3v) is 2.52. The molecule has 3 N–H and O–H groups in total.